The van der Waals surface area contributed by atoms with Gasteiger partial charge in [0.1, 0.15) is 0 Å². The van der Waals surface area contributed by atoms with Crippen molar-refractivity contribution in [2.45, 2.75) is 86.0 Å². The summed E-state index contributed by atoms with van der Waals surface area (Å²) < 4.78 is 10.9. The summed E-state index contributed by atoms with van der Waals surface area (Å²) >= 11 is 0. The van der Waals surface area contributed by atoms with Crippen LogP contribution in [-0.4, -0.2) is 11.9 Å². The van der Waals surface area contributed by atoms with Crippen molar-refractivity contribution in [2.75, 3.05) is 0 Å². The molecule has 0 atom stereocenters. The molecule has 4 heteroatoms. The van der Waals surface area contributed by atoms with Crippen LogP contribution >= 0.6 is 0 Å². The monoisotopic (exact) mass is 376 g/mol. The average Bonchev–Trinajstić information content (AvgIpc) is 2.58. The zero-order valence-electron chi connectivity index (χ0n) is 17.7. The molecule has 1 aromatic rings. The molecular weight excluding hydrogens is 340 g/mol. The van der Waals surface area contributed by atoms with Gasteiger partial charge in [0.05, 0.1) is 0 Å². The standard InChI is InChI=1S/C23H36O4/c1-17(2)10-6-8-12-22(24)26-20-15-14-19(5)16-21(20)27-23(25)13-9-7-11-18(3)4/h14-18H,6-13H2,1-5H3. The molecule has 0 bridgehead atoms. The van der Waals surface area contributed by atoms with Gasteiger partial charge >= 0.3 is 11.9 Å². The minimum Gasteiger partial charge on any atom is -0.423 e. The number of hydrogen-bond acceptors (Lipinski definition) is 4. The molecule has 0 aromatic heterocycles. The number of ether oxygens (including phenoxy) is 2. The van der Waals surface area contributed by atoms with Crippen molar-refractivity contribution < 1.29 is 19.1 Å². The molecule has 4 nitrogen and oxygen atoms in total. The van der Waals surface area contributed by atoms with Crippen LogP contribution in [0.5, 0.6) is 11.5 Å². The number of esters is 2. The first-order valence-corrected chi connectivity index (χ1v) is 10.3. The molecule has 0 N–H and O–H groups in total. The van der Waals surface area contributed by atoms with Crippen LogP contribution in [-0.2, 0) is 9.59 Å². The highest BCUT2D eigenvalue weighted by atomic mass is 16.6. The molecule has 0 heterocycles. The minimum absolute atomic E-state index is 0.279. The van der Waals surface area contributed by atoms with Crippen molar-refractivity contribution in [3.8, 4) is 11.5 Å². The fraction of sp³-hybridized carbons (Fsp3) is 0.652. The number of aryl methyl sites for hydroxylation is 1. The third-order valence-corrected chi connectivity index (χ3v) is 4.37. The van der Waals surface area contributed by atoms with Crippen LogP contribution in [0.15, 0.2) is 18.2 Å². The lowest BCUT2D eigenvalue weighted by atomic mass is 10.1. The van der Waals surface area contributed by atoms with Gasteiger partial charge in [0.25, 0.3) is 0 Å². The van der Waals surface area contributed by atoms with Crippen LogP contribution in [0.25, 0.3) is 0 Å². The van der Waals surface area contributed by atoms with E-state index < -0.39 is 0 Å². The average molecular weight is 377 g/mol. The first-order chi connectivity index (χ1) is 12.8. The summed E-state index contributed by atoms with van der Waals surface area (Å²) in [6.45, 7) is 10.6. The molecule has 27 heavy (non-hydrogen) atoms. The van der Waals surface area contributed by atoms with E-state index in [0.717, 1.165) is 44.1 Å². The summed E-state index contributed by atoms with van der Waals surface area (Å²) in [6, 6.07) is 5.29. The van der Waals surface area contributed by atoms with Gasteiger partial charge in [-0.3, -0.25) is 9.59 Å². The molecule has 0 aliphatic heterocycles. The lowest BCUT2D eigenvalue weighted by Crippen LogP contribution is -2.12. The summed E-state index contributed by atoms with van der Waals surface area (Å²) in [7, 11) is 0. The number of unbranched alkanes of at least 4 members (excludes halogenated alkanes) is 2. The van der Waals surface area contributed by atoms with Gasteiger partial charge in [-0.05, 0) is 49.3 Å². The van der Waals surface area contributed by atoms with E-state index in [1.54, 1.807) is 12.1 Å². The lowest BCUT2D eigenvalue weighted by molar-refractivity contribution is -0.137. The Bertz CT molecular complexity index is 590. The summed E-state index contributed by atoms with van der Waals surface area (Å²) in [5.41, 5.74) is 0.953. The number of carbonyl (C=O) groups excluding carboxylic acids is 2. The van der Waals surface area contributed by atoms with Gasteiger partial charge < -0.3 is 9.47 Å². The number of carbonyl (C=O) groups is 2. The van der Waals surface area contributed by atoms with E-state index in [1.165, 1.54) is 0 Å². The number of hydrogen-bond donors (Lipinski definition) is 0. The Labute approximate surface area is 164 Å². The Hall–Kier alpha value is -1.84. The van der Waals surface area contributed by atoms with Crippen LogP contribution in [0.1, 0.15) is 84.6 Å². The van der Waals surface area contributed by atoms with Crippen molar-refractivity contribution in [3.63, 3.8) is 0 Å². The fourth-order valence-electron chi connectivity index (χ4n) is 2.77. The van der Waals surface area contributed by atoms with Crippen molar-refractivity contribution in [1.82, 2.24) is 0 Å². The summed E-state index contributed by atoms with van der Waals surface area (Å²) in [4.78, 5) is 24.2. The van der Waals surface area contributed by atoms with Gasteiger partial charge in [0.2, 0.25) is 0 Å². The molecule has 0 unspecified atom stereocenters. The van der Waals surface area contributed by atoms with Crippen LogP contribution in [0.4, 0.5) is 0 Å². The van der Waals surface area contributed by atoms with Gasteiger partial charge in [-0.25, -0.2) is 0 Å². The van der Waals surface area contributed by atoms with Crippen LogP contribution in [0.2, 0.25) is 0 Å². The van der Waals surface area contributed by atoms with Crippen molar-refractivity contribution >= 4 is 11.9 Å². The number of benzene rings is 1. The Morgan fingerprint density at radius 1 is 0.778 bits per heavy atom. The summed E-state index contributed by atoms with van der Waals surface area (Å²) in [6.07, 6.45) is 6.63. The first kappa shape index (κ1) is 23.2. The van der Waals surface area contributed by atoms with Crippen molar-refractivity contribution in [3.05, 3.63) is 23.8 Å². The molecule has 0 spiro atoms. The van der Waals surface area contributed by atoms with E-state index in [0.29, 0.717) is 36.2 Å². The highest BCUT2D eigenvalue weighted by Crippen LogP contribution is 2.29. The zero-order chi connectivity index (χ0) is 20.2. The van der Waals surface area contributed by atoms with Crippen molar-refractivity contribution in [1.29, 1.82) is 0 Å². The zero-order valence-corrected chi connectivity index (χ0v) is 17.7. The predicted octanol–water partition coefficient (Wildman–Crippen LogP) is 6.24. The quantitative estimate of drug-likeness (QED) is 0.246. The van der Waals surface area contributed by atoms with Crippen molar-refractivity contribution in [2.24, 2.45) is 11.8 Å². The van der Waals surface area contributed by atoms with E-state index in [1.807, 2.05) is 13.0 Å². The van der Waals surface area contributed by atoms with Crippen LogP contribution in [0.3, 0.4) is 0 Å². The lowest BCUT2D eigenvalue weighted by Gasteiger charge is -2.12. The highest BCUT2D eigenvalue weighted by Gasteiger charge is 2.14. The van der Waals surface area contributed by atoms with Crippen LogP contribution < -0.4 is 9.47 Å². The Balaban J connectivity index is 2.53. The summed E-state index contributed by atoms with van der Waals surface area (Å²) in [5.74, 6) is 1.38. The fourth-order valence-corrected chi connectivity index (χ4v) is 2.77. The number of rotatable bonds is 12. The molecule has 0 fully saturated rings. The predicted molar refractivity (Wildman–Crippen MR) is 109 cm³/mol. The molecule has 1 rings (SSSR count). The van der Waals surface area contributed by atoms with E-state index >= 15 is 0 Å². The third kappa shape index (κ3) is 10.8. The topological polar surface area (TPSA) is 52.6 Å². The molecule has 0 saturated heterocycles. The Morgan fingerprint density at radius 3 is 1.74 bits per heavy atom. The smallest absolute Gasteiger partial charge is 0.311 e. The normalized spacial score (nSPS) is 11.1. The van der Waals surface area contributed by atoms with Gasteiger partial charge in [0.15, 0.2) is 11.5 Å². The first-order valence-electron chi connectivity index (χ1n) is 10.3. The third-order valence-electron chi connectivity index (χ3n) is 4.37. The van der Waals surface area contributed by atoms with E-state index in [2.05, 4.69) is 27.7 Å². The Morgan fingerprint density at radius 2 is 1.26 bits per heavy atom. The second-order valence-electron chi connectivity index (χ2n) is 8.18. The van der Waals surface area contributed by atoms with E-state index in [9.17, 15) is 9.59 Å². The molecule has 0 saturated carbocycles. The molecule has 152 valence electrons. The molecule has 0 amide bonds. The van der Waals surface area contributed by atoms with E-state index in [4.69, 9.17) is 9.47 Å². The van der Waals surface area contributed by atoms with Crippen LogP contribution in [0, 0.1) is 18.8 Å². The highest BCUT2D eigenvalue weighted by molar-refractivity contribution is 5.76. The molecule has 0 aliphatic carbocycles. The molecular formula is C23H36O4. The molecule has 1 aromatic carbocycles. The molecule has 0 radical (unpaired) electrons. The minimum atomic E-state index is -0.281. The van der Waals surface area contributed by atoms with Gasteiger partial charge in [-0.15, -0.1) is 0 Å². The second kappa shape index (κ2) is 12.5. The summed E-state index contributed by atoms with van der Waals surface area (Å²) in [5, 5.41) is 0. The maximum absolute atomic E-state index is 12.1. The SMILES string of the molecule is Cc1ccc(OC(=O)CCCCC(C)C)c(OC(=O)CCCCC(C)C)c1. The second-order valence-corrected chi connectivity index (χ2v) is 8.18. The largest absolute Gasteiger partial charge is 0.423 e. The van der Waals surface area contributed by atoms with E-state index in [-0.39, 0.29) is 11.9 Å². The molecule has 0 aliphatic rings. The van der Waals surface area contributed by atoms with Gasteiger partial charge in [-0.1, -0.05) is 59.4 Å². The maximum Gasteiger partial charge on any atom is 0.311 e. The van der Waals surface area contributed by atoms with Gasteiger partial charge in [0, 0.05) is 12.8 Å². The maximum atomic E-state index is 12.1. The Kier molecular flexibility index (Phi) is 10.8. The van der Waals surface area contributed by atoms with Gasteiger partial charge in [-0.2, -0.15) is 0 Å².